The van der Waals surface area contributed by atoms with Crippen molar-refractivity contribution in [2.45, 2.75) is 13.5 Å². The van der Waals surface area contributed by atoms with Crippen molar-refractivity contribution in [3.8, 4) is 0 Å². The van der Waals surface area contributed by atoms with Gasteiger partial charge in [0.15, 0.2) is 0 Å². The van der Waals surface area contributed by atoms with Gasteiger partial charge in [0, 0.05) is 0 Å². The summed E-state index contributed by atoms with van der Waals surface area (Å²) in [6, 6.07) is 4.47. The summed E-state index contributed by atoms with van der Waals surface area (Å²) in [4.78, 5) is 15.5. The largest absolute Gasteiger partial charge is 0.345 e. The first kappa shape index (κ1) is 11.3. The van der Waals surface area contributed by atoms with Gasteiger partial charge in [0.05, 0.1) is 12.1 Å². The predicted molar refractivity (Wildman–Crippen MR) is 58.7 cm³/mol. The lowest BCUT2D eigenvalue weighted by Gasteiger charge is -2.04. The Labute approximate surface area is 97.1 Å². The fourth-order valence-corrected chi connectivity index (χ4v) is 1.38. The van der Waals surface area contributed by atoms with Crippen LogP contribution in [-0.2, 0) is 6.54 Å². The Morgan fingerprint density at radius 2 is 2.35 bits per heavy atom. The van der Waals surface area contributed by atoms with Crippen molar-refractivity contribution in [1.29, 1.82) is 0 Å². The molecule has 1 amide bonds. The minimum atomic E-state index is -0.528. The van der Waals surface area contributed by atoms with Gasteiger partial charge in [-0.2, -0.15) is 5.10 Å². The maximum Gasteiger partial charge on any atom is 0.254 e. The molecule has 6 heteroatoms. The van der Waals surface area contributed by atoms with Gasteiger partial charge in [-0.25, -0.2) is 9.37 Å². The zero-order chi connectivity index (χ0) is 12.3. The van der Waals surface area contributed by atoms with E-state index >= 15 is 0 Å². The SMILES string of the molecule is Cc1ccc(C(=O)NCc2ncn[nH]2)c(F)c1. The van der Waals surface area contributed by atoms with Crippen molar-refractivity contribution >= 4 is 5.91 Å². The van der Waals surface area contributed by atoms with Crippen molar-refractivity contribution in [3.05, 3.63) is 47.3 Å². The van der Waals surface area contributed by atoms with Crippen molar-refractivity contribution < 1.29 is 9.18 Å². The summed E-state index contributed by atoms with van der Waals surface area (Å²) in [6.45, 7) is 1.95. The minimum Gasteiger partial charge on any atom is -0.345 e. The van der Waals surface area contributed by atoms with Crippen LogP contribution >= 0.6 is 0 Å². The van der Waals surface area contributed by atoms with Crippen LogP contribution < -0.4 is 5.32 Å². The zero-order valence-corrected chi connectivity index (χ0v) is 9.20. The highest BCUT2D eigenvalue weighted by molar-refractivity contribution is 5.94. The van der Waals surface area contributed by atoms with E-state index in [1.807, 2.05) is 0 Å². The lowest BCUT2D eigenvalue weighted by Crippen LogP contribution is -2.24. The number of halogens is 1. The number of aryl methyl sites for hydroxylation is 1. The van der Waals surface area contributed by atoms with Crippen LogP contribution in [0.1, 0.15) is 21.7 Å². The molecule has 17 heavy (non-hydrogen) atoms. The molecule has 0 fully saturated rings. The van der Waals surface area contributed by atoms with E-state index in [1.165, 1.54) is 18.5 Å². The molecule has 2 rings (SSSR count). The summed E-state index contributed by atoms with van der Waals surface area (Å²) in [5.74, 6) is -0.482. The maximum absolute atomic E-state index is 13.5. The normalized spacial score (nSPS) is 10.2. The van der Waals surface area contributed by atoms with Crippen LogP contribution in [-0.4, -0.2) is 21.1 Å². The van der Waals surface area contributed by atoms with Gasteiger partial charge in [0.25, 0.3) is 5.91 Å². The molecule has 0 spiro atoms. The van der Waals surface area contributed by atoms with E-state index in [1.54, 1.807) is 13.0 Å². The second kappa shape index (κ2) is 4.73. The van der Waals surface area contributed by atoms with Gasteiger partial charge < -0.3 is 5.32 Å². The molecule has 0 saturated heterocycles. The van der Waals surface area contributed by atoms with Crippen LogP contribution in [0, 0.1) is 12.7 Å². The number of nitrogens with one attached hydrogen (secondary N) is 2. The van der Waals surface area contributed by atoms with Crippen molar-refractivity contribution in [1.82, 2.24) is 20.5 Å². The Kier molecular flexibility index (Phi) is 3.13. The lowest BCUT2D eigenvalue weighted by atomic mass is 10.1. The molecular weight excluding hydrogens is 223 g/mol. The Morgan fingerprint density at radius 1 is 1.53 bits per heavy atom. The number of carbonyl (C=O) groups is 1. The molecule has 0 aliphatic heterocycles. The fraction of sp³-hybridized carbons (Fsp3) is 0.182. The number of hydrogen-bond donors (Lipinski definition) is 2. The smallest absolute Gasteiger partial charge is 0.254 e. The third-order valence-electron chi connectivity index (χ3n) is 2.25. The van der Waals surface area contributed by atoms with Crippen LogP contribution in [0.15, 0.2) is 24.5 Å². The summed E-state index contributed by atoms with van der Waals surface area (Å²) >= 11 is 0. The van der Waals surface area contributed by atoms with Gasteiger partial charge >= 0.3 is 0 Å². The molecule has 0 aliphatic carbocycles. The second-order valence-corrected chi connectivity index (χ2v) is 3.60. The van der Waals surface area contributed by atoms with Gasteiger partial charge in [-0.05, 0) is 24.6 Å². The molecule has 5 nitrogen and oxygen atoms in total. The van der Waals surface area contributed by atoms with E-state index in [2.05, 4.69) is 20.5 Å². The highest BCUT2D eigenvalue weighted by Gasteiger charge is 2.11. The molecule has 1 aromatic carbocycles. The van der Waals surface area contributed by atoms with E-state index in [0.29, 0.717) is 5.82 Å². The summed E-state index contributed by atoms with van der Waals surface area (Å²) in [7, 11) is 0. The Balaban J connectivity index is 2.04. The van der Waals surface area contributed by atoms with E-state index in [9.17, 15) is 9.18 Å². The predicted octanol–water partition coefficient (Wildman–Crippen LogP) is 1.18. The third kappa shape index (κ3) is 2.66. The number of nitrogens with zero attached hydrogens (tertiary/aromatic N) is 2. The number of aromatic amines is 1. The number of rotatable bonds is 3. The zero-order valence-electron chi connectivity index (χ0n) is 9.20. The number of carbonyl (C=O) groups excluding carboxylic acids is 1. The number of amides is 1. The van der Waals surface area contributed by atoms with E-state index in [-0.39, 0.29) is 12.1 Å². The molecule has 0 unspecified atom stereocenters. The van der Waals surface area contributed by atoms with Gasteiger partial charge in [0.2, 0.25) is 0 Å². The molecule has 0 atom stereocenters. The van der Waals surface area contributed by atoms with Crippen LogP contribution in [0.3, 0.4) is 0 Å². The standard InChI is InChI=1S/C11H11FN4O/c1-7-2-3-8(9(12)4-7)11(17)13-5-10-14-6-15-16-10/h2-4,6H,5H2,1H3,(H,13,17)(H,14,15,16). The van der Waals surface area contributed by atoms with Crippen LogP contribution in [0.25, 0.3) is 0 Å². The van der Waals surface area contributed by atoms with Gasteiger partial charge in [-0.3, -0.25) is 9.89 Å². The minimum absolute atomic E-state index is 0.0233. The van der Waals surface area contributed by atoms with E-state index < -0.39 is 11.7 Å². The number of aromatic nitrogens is 3. The van der Waals surface area contributed by atoms with Crippen molar-refractivity contribution in [2.24, 2.45) is 0 Å². The molecule has 0 aliphatic rings. The first-order valence-electron chi connectivity index (χ1n) is 5.05. The molecule has 88 valence electrons. The summed E-state index contributed by atoms with van der Waals surface area (Å²) in [5, 5.41) is 8.79. The molecule has 0 saturated carbocycles. The van der Waals surface area contributed by atoms with Crippen LogP contribution in [0.4, 0.5) is 4.39 Å². The van der Waals surface area contributed by atoms with Gasteiger partial charge in [0.1, 0.15) is 18.0 Å². The third-order valence-corrected chi connectivity index (χ3v) is 2.25. The Bertz CT molecular complexity index is 524. The fourth-order valence-electron chi connectivity index (χ4n) is 1.38. The first-order chi connectivity index (χ1) is 8.16. The molecule has 2 N–H and O–H groups in total. The number of benzene rings is 1. The Hall–Kier alpha value is -2.24. The molecule has 1 aromatic heterocycles. The second-order valence-electron chi connectivity index (χ2n) is 3.60. The molecular formula is C11H11FN4O. The molecule has 0 radical (unpaired) electrons. The monoisotopic (exact) mass is 234 g/mol. The summed E-state index contributed by atoms with van der Waals surface area (Å²) < 4.78 is 13.5. The quantitative estimate of drug-likeness (QED) is 0.837. The number of hydrogen-bond acceptors (Lipinski definition) is 3. The van der Waals surface area contributed by atoms with Crippen molar-refractivity contribution in [3.63, 3.8) is 0 Å². The van der Waals surface area contributed by atoms with Crippen LogP contribution in [0.2, 0.25) is 0 Å². The topological polar surface area (TPSA) is 70.7 Å². The molecule has 1 heterocycles. The van der Waals surface area contributed by atoms with E-state index in [4.69, 9.17) is 0 Å². The first-order valence-corrected chi connectivity index (χ1v) is 5.05. The summed E-state index contributed by atoms with van der Waals surface area (Å²) in [6.07, 6.45) is 1.34. The van der Waals surface area contributed by atoms with Crippen molar-refractivity contribution in [2.75, 3.05) is 0 Å². The maximum atomic E-state index is 13.5. The average molecular weight is 234 g/mol. The van der Waals surface area contributed by atoms with Gasteiger partial charge in [-0.15, -0.1) is 0 Å². The summed E-state index contributed by atoms with van der Waals surface area (Å²) in [5.41, 5.74) is 0.796. The van der Waals surface area contributed by atoms with E-state index in [0.717, 1.165) is 5.56 Å². The average Bonchev–Trinajstić information content (AvgIpc) is 2.78. The highest BCUT2D eigenvalue weighted by atomic mass is 19.1. The number of H-pyrrole nitrogens is 1. The van der Waals surface area contributed by atoms with Crippen LogP contribution in [0.5, 0.6) is 0 Å². The molecule has 0 bridgehead atoms. The lowest BCUT2D eigenvalue weighted by molar-refractivity contribution is 0.0946. The molecule has 2 aromatic rings. The highest BCUT2D eigenvalue weighted by Crippen LogP contribution is 2.09. The Morgan fingerprint density at radius 3 is 3.00 bits per heavy atom. The van der Waals surface area contributed by atoms with Gasteiger partial charge in [-0.1, -0.05) is 6.07 Å².